The number of halogens is 6. The molecule has 0 bridgehead atoms. The van der Waals surface area contributed by atoms with E-state index in [0.29, 0.717) is 61.8 Å². The molecule has 1 aliphatic heterocycles. The number of anilines is 5. The van der Waals surface area contributed by atoms with Crippen LogP contribution in [0.5, 0.6) is 0 Å². The standard InChI is InChI=1S/C22H17Cl3F3N7S/c23-13-2-1-3-14(24)16(13)31-21-32-17-18(30-11-4-5-12(15(25)10-11)22(26,27)28)33-20(34-19(17)36-21)35-8-6-29-7-9-35/h1-5,10,29H,6-9H2,(H,31,32)(H,30,33,34). The summed E-state index contributed by atoms with van der Waals surface area (Å²) in [7, 11) is 0. The minimum atomic E-state index is -4.55. The Morgan fingerprint density at radius 2 is 1.64 bits per heavy atom. The number of piperazine rings is 1. The lowest BCUT2D eigenvalue weighted by Gasteiger charge is -2.27. The Balaban J connectivity index is 1.55. The van der Waals surface area contributed by atoms with Crippen LogP contribution >= 0.6 is 46.1 Å². The Bertz CT molecular complexity index is 1400. The monoisotopic (exact) mass is 573 g/mol. The number of aromatic nitrogens is 3. The molecule has 2 aromatic heterocycles. The normalized spacial score (nSPS) is 14.3. The Morgan fingerprint density at radius 3 is 2.31 bits per heavy atom. The topological polar surface area (TPSA) is 78.0 Å². The third-order valence-corrected chi connectivity index (χ3v) is 7.19. The Labute approximate surface area is 222 Å². The van der Waals surface area contributed by atoms with Gasteiger partial charge in [0.2, 0.25) is 5.95 Å². The quantitative estimate of drug-likeness (QED) is 0.238. The van der Waals surface area contributed by atoms with Gasteiger partial charge in [0.1, 0.15) is 5.52 Å². The zero-order valence-corrected chi connectivity index (χ0v) is 21.3. The fraction of sp³-hybridized carbons (Fsp3) is 0.227. The van der Waals surface area contributed by atoms with E-state index in [1.807, 2.05) is 4.90 Å². The van der Waals surface area contributed by atoms with Crippen LogP contribution in [0.2, 0.25) is 15.1 Å². The molecular weight excluding hydrogens is 558 g/mol. The lowest BCUT2D eigenvalue weighted by atomic mass is 10.2. The van der Waals surface area contributed by atoms with Gasteiger partial charge in [0.15, 0.2) is 15.8 Å². The molecule has 1 saturated heterocycles. The van der Waals surface area contributed by atoms with Crippen molar-refractivity contribution in [1.82, 2.24) is 20.3 Å². The van der Waals surface area contributed by atoms with Gasteiger partial charge in [-0.15, -0.1) is 0 Å². The van der Waals surface area contributed by atoms with Gasteiger partial charge < -0.3 is 20.9 Å². The number of hydrogen-bond donors (Lipinski definition) is 3. The zero-order valence-electron chi connectivity index (χ0n) is 18.3. The molecule has 2 aromatic carbocycles. The highest BCUT2D eigenvalue weighted by atomic mass is 35.5. The van der Waals surface area contributed by atoms with Crippen molar-refractivity contribution in [3.05, 3.63) is 57.0 Å². The van der Waals surface area contributed by atoms with Crippen LogP contribution in [0.3, 0.4) is 0 Å². The van der Waals surface area contributed by atoms with Crippen molar-refractivity contribution >= 4 is 84.8 Å². The first kappa shape index (κ1) is 25.1. The van der Waals surface area contributed by atoms with Crippen molar-refractivity contribution in [1.29, 1.82) is 0 Å². The number of nitrogens with zero attached hydrogens (tertiary/aromatic N) is 4. The van der Waals surface area contributed by atoms with E-state index in [4.69, 9.17) is 39.8 Å². The highest BCUT2D eigenvalue weighted by molar-refractivity contribution is 7.22. The van der Waals surface area contributed by atoms with Crippen LogP contribution in [0.25, 0.3) is 10.3 Å². The molecule has 0 spiro atoms. The molecule has 0 radical (unpaired) electrons. The molecule has 0 atom stereocenters. The minimum absolute atomic E-state index is 0.330. The van der Waals surface area contributed by atoms with Gasteiger partial charge in [-0.3, -0.25) is 0 Å². The number of benzene rings is 2. The number of hydrogen-bond acceptors (Lipinski definition) is 8. The average molecular weight is 575 g/mol. The Hall–Kier alpha value is -2.57. The van der Waals surface area contributed by atoms with Crippen molar-refractivity contribution < 1.29 is 13.2 Å². The van der Waals surface area contributed by atoms with E-state index >= 15 is 0 Å². The fourth-order valence-corrected chi connectivity index (χ4v) is 5.26. The largest absolute Gasteiger partial charge is 0.417 e. The number of rotatable bonds is 5. The summed E-state index contributed by atoms with van der Waals surface area (Å²) in [4.78, 5) is 16.6. The molecule has 36 heavy (non-hydrogen) atoms. The van der Waals surface area contributed by atoms with Gasteiger partial charge in [0, 0.05) is 31.9 Å². The van der Waals surface area contributed by atoms with Crippen LogP contribution < -0.4 is 20.9 Å². The second kappa shape index (κ2) is 10.1. The highest BCUT2D eigenvalue weighted by Gasteiger charge is 2.33. The van der Waals surface area contributed by atoms with Gasteiger partial charge in [-0.05, 0) is 30.3 Å². The SMILES string of the molecule is FC(F)(F)c1ccc(Nc2nc(N3CCNCC3)nc3sc(Nc4c(Cl)cccc4Cl)nc23)cc1Cl. The molecule has 1 aliphatic rings. The van der Waals surface area contributed by atoms with Gasteiger partial charge in [-0.2, -0.15) is 23.1 Å². The van der Waals surface area contributed by atoms with Crippen LogP contribution in [-0.2, 0) is 6.18 Å². The van der Waals surface area contributed by atoms with Gasteiger partial charge >= 0.3 is 6.18 Å². The van der Waals surface area contributed by atoms with E-state index in [2.05, 4.69) is 25.9 Å². The van der Waals surface area contributed by atoms with Gasteiger partial charge in [-0.25, -0.2) is 4.98 Å². The van der Waals surface area contributed by atoms with E-state index < -0.39 is 16.8 Å². The maximum Gasteiger partial charge on any atom is 0.417 e. The van der Waals surface area contributed by atoms with E-state index in [1.54, 1.807) is 18.2 Å². The van der Waals surface area contributed by atoms with Crippen molar-refractivity contribution in [3.63, 3.8) is 0 Å². The van der Waals surface area contributed by atoms with Crippen LogP contribution in [0.4, 0.5) is 41.4 Å². The molecule has 0 amide bonds. The van der Waals surface area contributed by atoms with Crippen LogP contribution in [0.1, 0.15) is 5.56 Å². The first-order valence-electron chi connectivity index (χ1n) is 10.7. The van der Waals surface area contributed by atoms with Crippen LogP contribution in [0, 0.1) is 0 Å². The molecule has 4 aromatic rings. The first-order valence-corrected chi connectivity index (χ1v) is 12.6. The second-order valence-corrected chi connectivity index (χ2v) is 10.0. The number of alkyl halides is 3. The molecule has 3 N–H and O–H groups in total. The third-order valence-electron chi connectivity index (χ3n) is 5.38. The minimum Gasteiger partial charge on any atom is -0.338 e. The third kappa shape index (κ3) is 5.25. The van der Waals surface area contributed by atoms with E-state index in [1.165, 1.54) is 23.5 Å². The van der Waals surface area contributed by atoms with Crippen LogP contribution in [0.15, 0.2) is 36.4 Å². The summed E-state index contributed by atoms with van der Waals surface area (Å²) in [5.41, 5.74) is 0.344. The molecule has 1 fully saturated rings. The fourth-order valence-electron chi connectivity index (χ4n) is 3.64. The maximum absolute atomic E-state index is 13.1. The first-order chi connectivity index (χ1) is 17.2. The van der Waals surface area contributed by atoms with Crippen molar-refractivity contribution in [3.8, 4) is 0 Å². The average Bonchev–Trinajstić information content (AvgIpc) is 3.24. The summed E-state index contributed by atoms with van der Waals surface area (Å²) in [5.74, 6) is 0.814. The second-order valence-electron chi connectivity index (χ2n) is 7.82. The molecule has 7 nitrogen and oxygen atoms in total. The summed E-state index contributed by atoms with van der Waals surface area (Å²) >= 11 is 19.8. The summed E-state index contributed by atoms with van der Waals surface area (Å²) < 4.78 is 39.4. The van der Waals surface area contributed by atoms with Crippen molar-refractivity contribution in [2.75, 3.05) is 41.7 Å². The summed E-state index contributed by atoms with van der Waals surface area (Å²) in [6.45, 7) is 2.96. The maximum atomic E-state index is 13.1. The summed E-state index contributed by atoms with van der Waals surface area (Å²) in [5, 5.41) is 10.4. The lowest BCUT2D eigenvalue weighted by molar-refractivity contribution is -0.137. The molecule has 0 unspecified atom stereocenters. The Morgan fingerprint density at radius 1 is 0.917 bits per heavy atom. The molecule has 5 rings (SSSR count). The Kier molecular flexibility index (Phi) is 7.01. The predicted octanol–water partition coefficient (Wildman–Crippen LogP) is 6.96. The van der Waals surface area contributed by atoms with E-state index in [0.717, 1.165) is 19.2 Å². The molecular formula is C22H17Cl3F3N7S. The number of fused-ring (bicyclic) bond motifs is 1. The number of nitrogens with one attached hydrogen (secondary N) is 3. The molecule has 3 heterocycles. The van der Waals surface area contributed by atoms with Crippen molar-refractivity contribution in [2.24, 2.45) is 0 Å². The summed E-state index contributed by atoms with van der Waals surface area (Å²) in [6.07, 6.45) is -4.55. The van der Waals surface area contributed by atoms with Crippen molar-refractivity contribution in [2.45, 2.75) is 6.18 Å². The smallest absolute Gasteiger partial charge is 0.338 e. The molecule has 188 valence electrons. The van der Waals surface area contributed by atoms with Gasteiger partial charge in [0.05, 0.1) is 26.3 Å². The number of para-hydroxylation sites is 1. The van der Waals surface area contributed by atoms with Crippen LogP contribution in [-0.4, -0.2) is 41.1 Å². The zero-order chi connectivity index (χ0) is 25.4. The molecule has 14 heteroatoms. The molecule has 0 saturated carbocycles. The highest BCUT2D eigenvalue weighted by Crippen LogP contribution is 2.39. The predicted molar refractivity (Wildman–Crippen MR) is 140 cm³/mol. The van der Waals surface area contributed by atoms with E-state index in [-0.39, 0.29) is 0 Å². The lowest BCUT2D eigenvalue weighted by Crippen LogP contribution is -2.44. The number of thiazole rings is 1. The van der Waals surface area contributed by atoms with Gasteiger partial charge in [-0.1, -0.05) is 52.2 Å². The van der Waals surface area contributed by atoms with Gasteiger partial charge in [0.25, 0.3) is 0 Å². The molecule has 0 aliphatic carbocycles. The van der Waals surface area contributed by atoms with E-state index in [9.17, 15) is 13.2 Å². The summed E-state index contributed by atoms with van der Waals surface area (Å²) in [6, 6.07) is 8.56.